The van der Waals surface area contributed by atoms with Crippen molar-refractivity contribution in [3.05, 3.63) is 62.7 Å². The van der Waals surface area contributed by atoms with Gasteiger partial charge in [-0.25, -0.2) is 4.68 Å². The van der Waals surface area contributed by atoms with Crippen LogP contribution in [0.15, 0.2) is 62.4 Å². The summed E-state index contributed by atoms with van der Waals surface area (Å²) in [7, 11) is 3.30. The predicted octanol–water partition coefficient (Wildman–Crippen LogP) is 5.58. The highest BCUT2D eigenvalue weighted by Gasteiger charge is 2.14. The van der Waals surface area contributed by atoms with Crippen LogP contribution in [0.4, 0.5) is 0 Å². The fourth-order valence-corrected chi connectivity index (χ4v) is 4.18. The molecule has 3 aromatic rings. The maximum atomic E-state index is 5.62. The number of halogens is 1. The van der Waals surface area contributed by atoms with Gasteiger partial charge in [-0.15, -0.1) is 11.3 Å². The van der Waals surface area contributed by atoms with Gasteiger partial charge in [0.25, 0.3) is 0 Å². The van der Waals surface area contributed by atoms with Crippen molar-refractivity contribution < 1.29 is 9.47 Å². The van der Waals surface area contributed by atoms with E-state index in [1.807, 2.05) is 48.0 Å². The highest BCUT2D eigenvalue weighted by Crippen LogP contribution is 2.33. The monoisotopic (exact) mass is 473 g/mol. The molecule has 0 aliphatic rings. The number of rotatable bonds is 6. The molecule has 1 aromatic heterocycles. The first-order valence-electron chi connectivity index (χ1n) is 9.21. The number of hydrogen-bond donors (Lipinski definition) is 0. The first kappa shape index (κ1) is 21.3. The topological polar surface area (TPSA) is 48.1 Å². The molecule has 0 amide bonds. The Morgan fingerprint density at radius 3 is 2.55 bits per heavy atom. The zero-order chi connectivity index (χ0) is 21.0. The zero-order valence-corrected chi connectivity index (χ0v) is 19.5. The van der Waals surface area contributed by atoms with Crippen molar-refractivity contribution in [1.29, 1.82) is 0 Å². The van der Waals surface area contributed by atoms with Gasteiger partial charge in [0, 0.05) is 27.5 Å². The van der Waals surface area contributed by atoms with E-state index >= 15 is 0 Å². The zero-order valence-electron chi connectivity index (χ0n) is 17.1. The van der Waals surface area contributed by atoms with Crippen molar-refractivity contribution in [2.45, 2.75) is 26.8 Å². The maximum Gasteiger partial charge on any atom is 0.206 e. The number of thiazole rings is 1. The van der Waals surface area contributed by atoms with E-state index < -0.39 is 0 Å². The minimum absolute atomic E-state index is 0.159. The standard InChI is InChI=1S/C22H24BrN3O2S/c1-14(2)24-22-26(25-15(3)16-7-6-8-17(23)11-16)20(13-29-22)19-10-9-18(27-4)12-21(19)28-5/h6-14H,1-5H3. The molecular formula is C22H24BrN3O2S. The lowest BCUT2D eigenvalue weighted by Crippen LogP contribution is -2.16. The molecule has 5 nitrogen and oxygen atoms in total. The predicted molar refractivity (Wildman–Crippen MR) is 123 cm³/mol. The van der Waals surface area contributed by atoms with Crippen LogP contribution in [0.1, 0.15) is 26.3 Å². The Balaban J connectivity index is 2.21. The van der Waals surface area contributed by atoms with E-state index in [9.17, 15) is 0 Å². The molecule has 152 valence electrons. The molecule has 0 aliphatic carbocycles. The van der Waals surface area contributed by atoms with E-state index in [4.69, 9.17) is 19.6 Å². The molecule has 0 aliphatic heterocycles. The highest BCUT2D eigenvalue weighted by molar-refractivity contribution is 9.10. The fourth-order valence-electron chi connectivity index (χ4n) is 2.82. The van der Waals surface area contributed by atoms with Gasteiger partial charge in [-0.3, -0.25) is 4.99 Å². The van der Waals surface area contributed by atoms with Crippen molar-refractivity contribution in [2.24, 2.45) is 10.1 Å². The summed E-state index contributed by atoms with van der Waals surface area (Å²) >= 11 is 5.09. The summed E-state index contributed by atoms with van der Waals surface area (Å²) in [5.41, 5.74) is 3.79. The van der Waals surface area contributed by atoms with Gasteiger partial charge in [-0.2, -0.15) is 5.10 Å². The Labute approximate surface area is 183 Å². The Kier molecular flexibility index (Phi) is 6.92. The largest absolute Gasteiger partial charge is 0.497 e. The van der Waals surface area contributed by atoms with E-state index in [1.165, 1.54) is 0 Å². The van der Waals surface area contributed by atoms with Crippen LogP contribution < -0.4 is 14.3 Å². The second-order valence-corrected chi connectivity index (χ2v) is 8.45. The summed E-state index contributed by atoms with van der Waals surface area (Å²) in [6.45, 7) is 6.12. The Bertz CT molecular complexity index is 1100. The highest BCUT2D eigenvalue weighted by atomic mass is 79.9. The SMILES string of the molecule is COc1ccc(-c2csc(=NC(C)C)n2N=C(C)c2cccc(Br)c2)c(OC)c1. The van der Waals surface area contributed by atoms with Crippen molar-refractivity contribution >= 4 is 33.0 Å². The van der Waals surface area contributed by atoms with Crippen LogP contribution in [0.3, 0.4) is 0 Å². The second kappa shape index (κ2) is 9.41. The van der Waals surface area contributed by atoms with Gasteiger partial charge < -0.3 is 9.47 Å². The van der Waals surface area contributed by atoms with Gasteiger partial charge in [0.05, 0.1) is 25.6 Å². The van der Waals surface area contributed by atoms with Gasteiger partial charge in [0.15, 0.2) is 0 Å². The van der Waals surface area contributed by atoms with Gasteiger partial charge in [-0.05, 0) is 50.6 Å². The van der Waals surface area contributed by atoms with Crippen LogP contribution in [0, 0.1) is 0 Å². The van der Waals surface area contributed by atoms with Crippen LogP contribution in [0.2, 0.25) is 0 Å². The minimum Gasteiger partial charge on any atom is -0.497 e. The molecule has 0 saturated carbocycles. The van der Waals surface area contributed by atoms with Gasteiger partial charge in [0.1, 0.15) is 11.5 Å². The third-order valence-electron chi connectivity index (χ3n) is 4.23. The van der Waals surface area contributed by atoms with Gasteiger partial charge in [0.2, 0.25) is 4.80 Å². The number of benzene rings is 2. The molecule has 1 heterocycles. The van der Waals surface area contributed by atoms with Crippen molar-refractivity contribution in [2.75, 3.05) is 14.2 Å². The second-order valence-electron chi connectivity index (χ2n) is 6.70. The fraction of sp³-hybridized carbons (Fsp3) is 0.273. The van der Waals surface area contributed by atoms with Crippen LogP contribution in [-0.2, 0) is 0 Å². The Morgan fingerprint density at radius 1 is 1.10 bits per heavy atom. The molecule has 0 unspecified atom stereocenters. The lowest BCUT2D eigenvalue weighted by Gasteiger charge is -2.12. The van der Waals surface area contributed by atoms with Gasteiger partial charge >= 0.3 is 0 Å². The van der Waals surface area contributed by atoms with Crippen LogP contribution >= 0.6 is 27.3 Å². The molecule has 7 heteroatoms. The molecule has 29 heavy (non-hydrogen) atoms. The number of methoxy groups -OCH3 is 2. The lowest BCUT2D eigenvalue weighted by atomic mass is 10.1. The van der Waals surface area contributed by atoms with Crippen LogP contribution in [-0.4, -0.2) is 30.6 Å². The van der Waals surface area contributed by atoms with E-state index in [0.29, 0.717) is 0 Å². The smallest absolute Gasteiger partial charge is 0.206 e. The first-order valence-corrected chi connectivity index (χ1v) is 10.9. The summed E-state index contributed by atoms with van der Waals surface area (Å²) in [5, 5.41) is 6.98. The molecule has 2 aromatic carbocycles. The number of ether oxygens (including phenoxy) is 2. The third-order valence-corrected chi connectivity index (χ3v) is 5.55. The molecule has 0 spiro atoms. The first-order chi connectivity index (χ1) is 13.9. The van der Waals surface area contributed by atoms with E-state index in [-0.39, 0.29) is 6.04 Å². The summed E-state index contributed by atoms with van der Waals surface area (Å²) < 4.78 is 13.9. The average molecular weight is 474 g/mol. The van der Waals surface area contributed by atoms with E-state index in [0.717, 1.165) is 43.3 Å². The quantitative estimate of drug-likeness (QED) is 0.438. The van der Waals surface area contributed by atoms with Crippen LogP contribution in [0.25, 0.3) is 11.3 Å². The molecule has 0 saturated heterocycles. The minimum atomic E-state index is 0.159. The molecule has 0 atom stereocenters. The lowest BCUT2D eigenvalue weighted by molar-refractivity contribution is 0.395. The van der Waals surface area contributed by atoms with Gasteiger partial charge in [-0.1, -0.05) is 28.1 Å². The molecule has 0 N–H and O–H groups in total. The third kappa shape index (κ3) is 4.97. The number of hydrogen-bond acceptors (Lipinski definition) is 5. The van der Waals surface area contributed by atoms with Crippen molar-refractivity contribution in [3.63, 3.8) is 0 Å². The Morgan fingerprint density at radius 2 is 1.90 bits per heavy atom. The molecule has 0 bridgehead atoms. The maximum absolute atomic E-state index is 5.62. The molecule has 0 radical (unpaired) electrons. The summed E-state index contributed by atoms with van der Waals surface area (Å²) in [6.07, 6.45) is 0. The number of nitrogens with zero attached hydrogens (tertiary/aromatic N) is 3. The molecule has 0 fully saturated rings. The molecule has 3 rings (SSSR count). The molecular weight excluding hydrogens is 450 g/mol. The summed E-state index contributed by atoms with van der Waals surface area (Å²) in [6, 6.07) is 14.0. The summed E-state index contributed by atoms with van der Waals surface area (Å²) in [4.78, 5) is 5.59. The Hall–Kier alpha value is -2.38. The van der Waals surface area contributed by atoms with E-state index in [2.05, 4.69) is 41.2 Å². The van der Waals surface area contributed by atoms with E-state index in [1.54, 1.807) is 25.6 Å². The van der Waals surface area contributed by atoms with Crippen molar-refractivity contribution in [1.82, 2.24) is 4.68 Å². The van der Waals surface area contributed by atoms with Crippen molar-refractivity contribution in [3.8, 4) is 22.8 Å². The average Bonchev–Trinajstić information content (AvgIpc) is 3.08. The summed E-state index contributed by atoms with van der Waals surface area (Å²) in [5.74, 6) is 1.47. The van der Waals surface area contributed by atoms with Crippen LogP contribution in [0.5, 0.6) is 11.5 Å². The number of aromatic nitrogens is 1. The normalized spacial score (nSPS) is 12.5.